The Kier molecular flexibility index (Phi) is 2.43. The largest absolute Gasteiger partial charge is 0.385 e. The average Bonchev–Trinajstić information content (AvgIpc) is 1.98. The second-order valence-electron chi connectivity index (χ2n) is 4.30. The molecule has 0 saturated carbocycles. The number of carbonyl (C=O) groups excluding carboxylic acids is 2. The lowest BCUT2D eigenvalue weighted by Gasteiger charge is -2.38. The molecule has 1 fully saturated rings. The van der Waals surface area contributed by atoms with Crippen LogP contribution in [0.5, 0.6) is 0 Å². The number of ketones is 1. The van der Waals surface area contributed by atoms with Crippen molar-refractivity contribution in [3.05, 3.63) is 0 Å². The van der Waals surface area contributed by atoms with Crippen LogP contribution in [-0.2, 0) is 9.59 Å². The number of aliphatic hydroxyl groups is 1. The molecule has 4 nitrogen and oxygen atoms in total. The smallest absolute Gasteiger partial charge is 0.293 e. The van der Waals surface area contributed by atoms with Crippen LogP contribution in [0.4, 0.5) is 0 Å². The number of aliphatic hydroxyl groups excluding tert-OH is 1. The highest BCUT2D eigenvalue weighted by atomic mass is 16.3. The van der Waals surface area contributed by atoms with Crippen LogP contribution in [0.3, 0.4) is 0 Å². The maximum absolute atomic E-state index is 11.4. The van der Waals surface area contributed by atoms with Gasteiger partial charge in [0.25, 0.3) is 5.91 Å². The molecule has 1 heterocycles. The maximum atomic E-state index is 11.4. The molecule has 1 atom stereocenters. The van der Waals surface area contributed by atoms with E-state index >= 15 is 0 Å². The Balaban J connectivity index is 2.82. The molecule has 1 N–H and O–H groups in total. The van der Waals surface area contributed by atoms with Crippen molar-refractivity contribution in [3.8, 4) is 0 Å². The van der Waals surface area contributed by atoms with Gasteiger partial charge in [0.1, 0.15) is 6.10 Å². The summed E-state index contributed by atoms with van der Waals surface area (Å²) in [5.41, 5.74) is -0.340. The van der Waals surface area contributed by atoms with Gasteiger partial charge in [-0.05, 0) is 27.2 Å². The van der Waals surface area contributed by atoms with E-state index in [0.717, 1.165) is 0 Å². The van der Waals surface area contributed by atoms with Gasteiger partial charge in [-0.25, -0.2) is 0 Å². The normalized spacial score (nSPS) is 25.2. The summed E-state index contributed by atoms with van der Waals surface area (Å²) in [6, 6.07) is 0. The van der Waals surface area contributed by atoms with Crippen molar-refractivity contribution in [2.75, 3.05) is 6.54 Å². The quantitative estimate of drug-likeness (QED) is 0.538. The van der Waals surface area contributed by atoms with Crippen molar-refractivity contribution < 1.29 is 14.7 Å². The molecule has 1 aliphatic heterocycles. The Bertz CT molecular complexity index is 242. The number of Topliss-reactive ketones (excluding diaryl/α,β-unsaturated/α-hetero) is 1. The summed E-state index contributed by atoms with van der Waals surface area (Å²) in [4.78, 5) is 24.0. The van der Waals surface area contributed by atoms with E-state index in [2.05, 4.69) is 0 Å². The van der Waals surface area contributed by atoms with Crippen LogP contribution in [0.15, 0.2) is 0 Å². The Hall–Kier alpha value is -0.900. The highest BCUT2D eigenvalue weighted by Crippen LogP contribution is 2.19. The summed E-state index contributed by atoms with van der Waals surface area (Å²) in [5.74, 6) is -1.24. The monoisotopic (exact) mass is 185 g/mol. The first-order chi connectivity index (χ1) is 5.84. The molecule has 1 saturated heterocycles. The van der Waals surface area contributed by atoms with E-state index < -0.39 is 17.8 Å². The van der Waals surface area contributed by atoms with Gasteiger partial charge in [-0.2, -0.15) is 0 Å². The predicted octanol–water partition coefficient (Wildman–Crippen LogP) is -0.0528. The molecule has 1 aliphatic rings. The van der Waals surface area contributed by atoms with Crippen molar-refractivity contribution in [1.29, 1.82) is 0 Å². The molecule has 0 aromatic carbocycles. The SMILES string of the molecule is CC(C)(C)N1CC[C@H](O)C(=O)C1=O. The standard InChI is InChI=1S/C9H15NO3/c1-9(2,3)10-5-4-6(11)7(12)8(10)13/h6,11H,4-5H2,1-3H3/t6-/m0/s1. The summed E-state index contributed by atoms with van der Waals surface area (Å²) in [7, 11) is 0. The van der Waals surface area contributed by atoms with Crippen molar-refractivity contribution in [2.45, 2.75) is 38.8 Å². The van der Waals surface area contributed by atoms with Gasteiger partial charge in [-0.1, -0.05) is 0 Å². The molecule has 1 amide bonds. The number of likely N-dealkylation sites (tertiary alicyclic amines) is 1. The number of hydrogen-bond donors (Lipinski definition) is 1. The minimum Gasteiger partial charge on any atom is -0.385 e. The molecule has 4 heteroatoms. The Labute approximate surface area is 77.5 Å². The summed E-state index contributed by atoms with van der Waals surface area (Å²) < 4.78 is 0. The first-order valence-corrected chi connectivity index (χ1v) is 4.38. The van der Waals surface area contributed by atoms with E-state index in [1.54, 1.807) is 0 Å². The lowest BCUT2D eigenvalue weighted by Crippen LogP contribution is -2.55. The van der Waals surface area contributed by atoms with Gasteiger partial charge in [0.15, 0.2) is 0 Å². The first-order valence-electron chi connectivity index (χ1n) is 4.38. The lowest BCUT2D eigenvalue weighted by molar-refractivity contribution is -0.156. The Morgan fingerprint density at radius 3 is 2.38 bits per heavy atom. The minimum absolute atomic E-state index is 0.340. The van der Waals surface area contributed by atoms with E-state index in [0.29, 0.717) is 13.0 Å². The van der Waals surface area contributed by atoms with Gasteiger partial charge >= 0.3 is 0 Å². The van der Waals surface area contributed by atoms with Crippen LogP contribution in [0, 0.1) is 0 Å². The summed E-state index contributed by atoms with van der Waals surface area (Å²) >= 11 is 0. The van der Waals surface area contributed by atoms with Crippen molar-refractivity contribution in [3.63, 3.8) is 0 Å². The molecule has 13 heavy (non-hydrogen) atoms. The third-order valence-corrected chi connectivity index (χ3v) is 2.19. The number of nitrogens with zero attached hydrogens (tertiary/aromatic N) is 1. The summed E-state index contributed by atoms with van der Waals surface area (Å²) in [6.07, 6.45) is -0.743. The van der Waals surface area contributed by atoms with Gasteiger partial charge in [-0.3, -0.25) is 9.59 Å². The molecular formula is C9H15NO3. The molecule has 0 aromatic heterocycles. The van der Waals surface area contributed by atoms with Crippen molar-refractivity contribution in [2.24, 2.45) is 0 Å². The Morgan fingerprint density at radius 1 is 1.38 bits per heavy atom. The molecular weight excluding hydrogens is 170 g/mol. The second kappa shape index (κ2) is 3.10. The predicted molar refractivity (Wildman–Crippen MR) is 47.1 cm³/mol. The first kappa shape index (κ1) is 10.2. The zero-order chi connectivity index (χ0) is 10.2. The average molecular weight is 185 g/mol. The highest BCUT2D eigenvalue weighted by molar-refractivity contribution is 6.38. The fraction of sp³-hybridized carbons (Fsp3) is 0.778. The number of piperidine rings is 1. The van der Waals surface area contributed by atoms with Crippen LogP contribution < -0.4 is 0 Å². The lowest BCUT2D eigenvalue weighted by atomic mass is 9.98. The van der Waals surface area contributed by atoms with Crippen molar-refractivity contribution >= 4 is 11.7 Å². The molecule has 0 unspecified atom stereocenters. The number of carbonyl (C=O) groups is 2. The topological polar surface area (TPSA) is 57.6 Å². The van der Waals surface area contributed by atoms with Gasteiger partial charge in [0, 0.05) is 12.1 Å². The zero-order valence-electron chi connectivity index (χ0n) is 8.20. The number of amides is 1. The fourth-order valence-electron chi connectivity index (χ4n) is 1.40. The third-order valence-electron chi connectivity index (χ3n) is 2.19. The van der Waals surface area contributed by atoms with E-state index in [1.165, 1.54) is 4.90 Å². The molecule has 0 aromatic rings. The zero-order valence-corrected chi connectivity index (χ0v) is 8.20. The van der Waals surface area contributed by atoms with E-state index in [4.69, 9.17) is 5.11 Å². The van der Waals surface area contributed by atoms with Crippen LogP contribution in [0.2, 0.25) is 0 Å². The van der Waals surface area contributed by atoms with Gasteiger partial charge in [0.05, 0.1) is 0 Å². The van der Waals surface area contributed by atoms with Gasteiger partial charge in [-0.15, -0.1) is 0 Å². The summed E-state index contributed by atoms with van der Waals surface area (Å²) in [6.45, 7) is 6.07. The number of hydrogen-bond acceptors (Lipinski definition) is 3. The van der Waals surface area contributed by atoms with E-state index in [-0.39, 0.29) is 5.54 Å². The van der Waals surface area contributed by atoms with E-state index in [1.807, 2.05) is 20.8 Å². The van der Waals surface area contributed by atoms with Crippen molar-refractivity contribution in [1.82, 2.24) is 4.90 Å². The molecule has 0 aliphatic carbocycles. The van der Waals surface area contributed by atoms with Crippen LogP contribution >= 0.6 is 0 Å². The minimum atomic E-state index is -1.09. The molecule has 0 bridgehead atoms. The van der Waals surface area contributed by atoms with Crippen LogP contribution in [0.1, 0.15) is 27.2 Å². The maximum Gasteiger partial charge on any atom is 0.293 e. The Morgan fingerprint density at radius 2 is 1.92 bits per heavy atom. The molecule has 74 valence electrons. The molecule has 0 spiro atoms. The third kappa shape index (κ3) is 1.88. The highest BCUT2D eigenvalue weighted by Gasteiger charge is 2.38. The van der Waals surface area contributed by atoms with E-state index in [9.17, 15) is 9.59 Å². The van der Waals surface area contributed by atoms with Crippen LogP contribution in [-0.4, -0.2) is 39.9 Å². The second-order valence-corrected chi connectivity index (χ2v) is 4.30. The summed E-state index contributed by atoms with van der Waals surface area (Å²) in [5, 5.41) is 9.13. The van der Waals surface area contributed by atoms with Gasteiger partial charge in [0.2, 0.25) is 5.78 Å². The van der Waals surface area contributed by atoms with Crippen LogP contribution in [0.25, 0.3) is 0 Å². The fourth-order valence-corrected chi connectivity index (χ4v) is 1.40. The number of rotatable bonds is 0. The van der Waals surface area contributed by atoms with Gasteiger partial charge < -0.3 is 10.0 Å². The molecule has 1 rings (SSSR count). The molecule has 0 radical (unpaired) electrons.